The first-order chi connectivity index (χ1) is 32.3. The number of benzene rings is 8. The zero-order valence-electron chi connectivity index (χ0n) is 39.7. The summed E-state index contributed by atoms with van der Waals surface area (Å²) in [7, 11) is 0. The summed E-state index contributed by atoms with van der Waals surface area (Å²) in [5.74, 6) is 0. The molecule has 0 saturated heterocycles. The van der Waals surface area contributed by atoms with Crippen molar-refractivity contribution in [1.82, 2.24) is 4.98 Å². The van der Waals surface area contributed by atoms with Crippen LogP contribution in [0.5, 0.6) is 0 Å². The highest BCUT2D eigenvalue weighted by Gasteiger charge is 2.40. The van der Waals surface area contributed by atoms with Crippen LogP contribution >= 0.6 is 0 Å². The predicted octanol–water partition coefficient (Wildman–Crippen LogP) is 17.1. The van der Waals surface area contributed by atoms with Gasteiger partial charge in [0.1, 0.15) is 0 Å². The van der Waals surface area contributed by atoms with Gasteiger partial charge in [0, 0.05) is 56.6 Å². The van der Waals surface area contributed by atoms with Gasteiger partial charge in [0.15, 0.2) is 0 Å². The molecule has 0 N–H and O–H groups in total. The van der Waals surface area contributed by atoms with Crippen LogP contribution in [0.25, 0.3) is 66.8 Å². The summed E-state index contributed by atoms with van der Waals surface area (Å²) >= 11 is 0. The topological polar surface area (TPSA) is 16.1 Å². The molecule has 1 heterocycles. The molecule has 0 atom stereocenters. The molecule has 9 aromatic rings. The van der Waals surface area contributed by atoms with Crippen molar-refractivity contribution < 1.29 is 0 Å². The molecular weight excluding hydrogens is 809 g/mol. The van der Waals surface area contributed by atoms with E-state index in [1.54, 1.807) is 0 Å². The maximum atomic E-state index is 5.20. The normalized spacial score (nSPS) is 16.2. The Bertz CT molecular complexity index is 3360. The summed E-state index contributed by atoms with van der Waals surface area (Å²) in [4.78, 5) is 7.77. The average molecular weight is 863 g/mol. The molecule has 67 heavy (non-hydrogen) atoms. The largest absolute Gasteiger partial charge is 0.309 e. The van der Waals surface area contributed by atoms with Crippen LogP contribution < -0.4 is 4.90 Å². The van der Waals surface area contributed by atoms with Crippen LogP contribution in [0.3, 0.4) is 0 Å². The number of aromatic nitrogens is 1. The molecule has 0 fully saturated rings. The van der Waals surface area contributed by atoms with Crippen LogP contribution in [-0.2, 0) is 21.7 Å². The lowest BCUT2D eigenvalue weighted by Gasteiger charge is -2.33. The first-order valence-corrected chi connectivity index (χ1v) is 24.0. The summed E-state index contributed by atoms with van der Waals surface area (Å²) in [5.41, 5.74) is 28.7. The second kappa shape index (κ2) is 13.6. The average Bonchev–Trinajstić information content (AvgIpc) is 3.91. The van der Waals surface area contributed by atoms with Gasteiger partial charge in [0.2, 0.25) is 0 Å². The summed E-state index contributed by atoms with van der Waals surface area (Å²) in [6.45, 7) is 19.1. The van der Waals surface area contributed by atoms with Gasteiger partial charge in [0.05, 0.1) is 5.69 Å². The van der Waals surface area contributed by atoms with Gasteiger partial charge in [-0.15, -0.1) is 0 Å². The molecule has 4 aliphatic carbocycles. The van der Waals surface area contributed by atoms with E-state index in [-0.39, 0.29) is 21.7 Å². The predicted molar refractivity (Wildman–Crippen MR) is 280 cm³/mol. The van der Waals surface area contributed by atoms with E-state index in [2.05, 4.69) is 243 Å². The Kier molecular flexibility index (Phi) is 8.15. The fourth-order valence-electron chi connectivity index (χ4n) is 12.9. The van der Waals surface area contributed by atoms with Crippen molar-refractivity contribution in [2.75, 3.05) is 4.90 Å². The highest BCUT2D eigenvalue weighted by molar-refractivity contribution is 6.00. The van der Waals surface area contributed by atoms with Crippen LogP contribution in [-0.4, -0.2) is 4.98 Å². The molecule has 0 bridgehead atoms. The Balaban J connectivity index is 1.10. The van der Waals surface area contributed by atoms with Crippen LogP contribution in [0.4, 0.5) is 17.1 Å². The third-order valence-corrected chi connectivity index (χ3v) is 16.6. The molecule has 324 valence electrons. The van der Waals surface area contributed by atoms with Gasteiger partial charge in [-0.3, -0.25) is 4.98 Å². The number of fused-ring (bicyclic) bond motifs is 12. The molecule has 13 rings (SSSR count). The monoisotopic (exact) mass is 862 g/mol. The molecule has 0 radical (unpaired) electrons. The van der Waals surface area contributed by atoms with Gasteiger partial charge in [-0.1, -0.05) is 189 Å². The van der Waals surface area contributed by atoms with Crippen molar-refractivity contribution in [2.24, 2.45) is 0 Å². The third kappa shape index (κ3) is 5.42. The van der Waals surface area contributed by atoms with Crippen LogP contribution in [0.2, 0.25) is 0 Å². The number of pyridine rings is 1. The number of nitrogens with zero attached hydrogens (tertiary/aromatic N) is 2. The second-order valence-corrected chi connectivity index (χ2v) is 21.6. The maximum absolute atomic E-state index is 5.20. The summed E-state index contributed by atoms with van der Waals surface area (Å²) < 4.78 is 0. The van der Waals surface area contributed by atoms with Crippen molar-refractivity contribution in [1.29, 1.82) is 0 Å². The number of anilines is 3. The number of rotatable bonds is 5. The van der Waals surface area contributed by atoms with E-state index >= 15 is 0 Å². The third-order valence-electron chi connectivity index (χ3n) is 16.6. The summed E-state index contributed by atoms with van der Waals surface area (Å²) in [6.07, 6.45) is 4.24. The lowest BCUT2D eigenvalue weighted by Crippen LogP contribution is -2.19. The summed E-state index contributed by atoms with van der Waals surface area (Å²) in [6, 6.07) is 64.6. The van der Waals surface area contributed by atoms with Gasteiger partial charge >= 0.3 is 0 Å². The fourth-order valence-corrected chi connectivity index (χ4v) is 12.9. The second-order valence-electron chi connectivity index (χ2n) is 21.6. The Hall–Kier alpha value is -7.29. The molecule has 0 amide bonds. The van der Waals surface area contributed by atoms with E-state index in [0.29, 0.717) is 0 Å². The van der Waals surface area contributed by atoms with E-state index < -0.39 is 0 Å². The van der Waals surface area contributed by atoms with Crippen LogP contribution in [0, 0.1) is 0 Å². The Morgan fingerprint density at radius 1 is 0.284 bits per heavy atom. The lowest BCUT2D eigenvalue weighted by molar-refractivity contribution is 0.660. The van der Waals surface area contributed by atoms with Gasteiger partial charge < -0.3 is 4.90 Å². The molecule has 2 heteroatoms. The maximum Gasteiger partial charge on any atom is 0.0649 e. The SMILES string of the molecule is CC1(C)c2ccccc2-c2ccc(-c3cncc(-c4ccc5c(c4)C(C)(C)c4ccccc4-5)c3N(c3ccc4c(c3)C(C)(C)c3ccccc3-4)c3ccc4c(c3)C(C)(C)c3ccccc3-4)cc21. The molecule has 2 nitrogen and oxygen atoms in total. The minimum atomic E-state index is -0.180. The first kappa shape index (κ1) is 40.0. The molecule has 0 aliphatic heterocycles. The van der Waals surface area contributed by atoms with E-state index in [1.165, 1.54) is 89.0 Å². The fraction of sp³-hybridized carbons (Fsp3) is 0.185. The number of hydrogen-bond acceptors (Lipinski definition) is 2. The Morgan fingerprint density at radius 2 is 0.567 bits per heavy atom. The molecule has 1 aromatic heterocycles. The van der Waals surface area contributed by atoms with Crippen molar-refractivity contribution >= 4 is 17.1 Å². The van der Waals surface area contributed by atoms with Crippen LogP contribution in [0.1, 0.15) is 99.9 Å². The quantitative estimate of drug-likeness (QED) is 0.171. The molecule has 0 saturated carbocycles. The molecule has 0 unspecified atom stereocenters. The Morgan fingerprint density at radius 3 is 0.910 bits per heavy atom. The first-order valence-electron chi connectivity index (χ1n) is 24.0. The molecule has 8 aromatic carbocycles. The highest BCUT2D eigenvalue weighted by Crippen LogP contribution is 2.57. The van der Waals surface area contributed by atoms with E-state index in [4.69, 9.17) is 4.98 Å². The molecule has 4 aliphatic rings. The lowest BCUT2D eigenvalue weighted by atomic mass is 9.81. The minimum absolute atomic E-state index is 0.158. The van der Waals surface area contributed by atoms with E-state index in [1.807, 2.05) is 0 Å². The van der Waals surface area contributed by atoms with E-state index in [0.717, 1.165) is 39.3 Å². The standard InChI is InChI=1S/C65H54N2/c1-62(2)53-21-13-9-17-43(53)47-29-25-39(33-57(47)62)51-37-66-38-52(40-26-30-48-44-18-10-14-22-54(44)63(3,4)58(48)34-40)61(51)67(41-27-31-49-45-19-11-15-23-55(45)64(5,6)59(49)35-41)42-28-32-50-46-20-12-16-24-56(46)65(7,8)60(50)36-42/h9-38H,1-8H3. The van der Waals surface area contributed by atoms with E-state index in [9.17, 15) is 0 Å². The zero-order chi connectivity index (χ0) is 45.8. The van der Waals surface area contributed by atoms with Gasteiger partial charge in [-0.2, -0.15) is 0 Å². The van der Waals surface area contributed by atoms with Crippen molar-refractivity contribution in [3.05, 3.63) is 227 Å². The van der Waals surface area contributed by atoms with Crippen molar-refractivity contribution in [3.8, 4) is 66.8 Å². The highest BCUT2D eigenvalue weighted by atomic mass is 15.2. The van der Waals surface area contributed by atoms with Crippen molar-refractivity contribution in [3.63, 3.8) is 0 Å². The van der Waals surface area contributed by atoms with Gasteiger partial charge in [0.25, 0.3) is 0 Å². The molecular formula is C65H54N2. The minimum Gasteiger partial charge on any atom is -0.309 e. The Labute approximate surface area is 395 Å². The van der Waals surface area contributed by atoms with Crippen LogP contribution in [0.15, 0.2) is 182 Å². The van der Waals surface area contributed by atoms with Crippen molar-refractivity contribution in [2.45, 2.75) is 77.0 Å². The zero-order valence-corrected chi connectivity index (χ0v) is 39.7. The number of hydrogen-bond donors (Lipinski definition) is 0. The smallest absolute Gasteiger partial charge is 0.0649 e. The van der Waals surface area contributed by atoms with Gasteiger partial charge in [-0.05, 0) is 137 Å². The molecule has 0 spiro atoms. The summed E-state index contributed by atoms with van der Waals surface area (Å²) in [5, 5.41) is 0. The van der Waals surface area contributed by atoms with Gasteiger partial charge in [-0.25, -0.2) is 0 Å².